The molecular formula is C17H23NO2S. The number of ether oxygens (including phenoxy) is 1. The van der Waals surface area contributed by atoms with Gasteiger partial charge in [-0.15, -0.1) is 11.3 Å². The second-order valence-corrected chi connectivity index (χ2v) is 6.75. The largest absolute Gasteiger partial charge is 0.458 e. The Hall–Kier alpha value is -1.39. The molecule has 0 spiro atoms. The first-order valence-corrected chi connectivity index (χ1v) is 8.22. The molecule has 114 valence electrons. The smallest absolute Gasteiger partial charge is 0.348 e. The summed E-state index contributed by atoms with van der Waals surface area (Å²) < 4.78 is 6.66. The Morgan fingerprint density at radius 1 is 1.29 bits per heavy atom. The van der Waals surface area contributed by atoms with Crippen LogP contribution in [0.25, 0.3) is 10.1 Å². The molecule has 0 aliphatic heterocycles. The highest BCUT2D eigenvalue weighted by Crippen LogP contribution is 2.26. The number of carbonyl (C=O) groups excluding carboxylic acids is 1. The lowest BCUT2D eigenvalue weighted by Crippen LogP contribution is -2.16. The summed E-state index contributed by atoms with van der Waals surface area (Å²) in [5, 5.41) is 1.10. The van der Waals surface area contributed by atoms with E-state index in [9.17, 15) is 4.79 Å². The van der Waals surface area contributed by atoms with Crippen molar-refractivity contribution in [2.45, 2.75) is 32.3 Å². The number of thiophene rings is 1. The van der Waals surface area contributed by atoms with Gasteiger partial charge in [0, 0.05) is 4.70 Å². The molecule has 21 heavy (non-hydrogen) atoms. The number of hydrogen-bond donors (Lipinski definition) is 0. The second kappa shape index (κ2) is 7.57. The number of esters is 1. The van der Waals surface area contributed by atoms with Crippen molar-refractivity contribution in [3.05, 3.63) is 35.2 Å². The quantitative estimate of drug-likeness (QED) is 0.568. The average Bonchev–Trinajstić information content (AvgIpc) is 2.87. The summed E-state index contributed by atoms with van der Waals surface area (Å²) in [5.41, 5.74) is 0. The molecule has 1 heterocycles. The van der Waals surface area contributed by atoms with Gasteiger partial charge in [0.1, 0.15) is 4.88 Å². The molecule has 0 bridgehead atoms. The van der Waals surface area contributed by atoms with E-state index in [1.807, 2.05) is 37.3 Å². The zero-order valence-electron chi connectivity index (χ0n) is 13.0. The summed E-state index contributed by atoms with van der Waals surface area (Å²) in [5.74, 6) is -0.198. The van der Waals surface area contributed by atoms with E-state index in [4.69, 9.17) is 4.74 Å². The molecule has 0 fully saturated rings. The number of hydrogen-bond acceptors (Lipinski definition) is 4. The zero-order valence-corrected chi connectivity index (χ0v) is 13.8. The van der Waals surface area contributed by atoms with E-state index < -0.39 is 0 Å². The van der Waals surface area contributed by atoms with Gasteiger partial charge in [0.25, 0.3) is 0 Å². The van der Waals surface area contributed by atoms with Crippen LogP contribution in [0.5, 0.6) is 0 Å². The van der Waals surface area contributed by atoms with Crippen molar-refractivity contribution >= 4 is 27.4 Å². The lowest BCUT2D eigenvalue weighted by atomic mass is 10.1. The van der Waals surface area contributed by atoms with Gasteiger partial charge < -0.3 is 9.64 Å². The maximum absolute atomic E-state index is 12.1. The summed E-state index contributed by atoms with van der Waals surface area (Å²) in [7, 11) is 4.15. The molecule has 0 aliphatic carbocycles. The average molecular weight is 305 g/mol. The summed E-state index contributed by atoms with van der Waals surface area (Å²) in [4.78, 5) is 15.0. The van der Waals surface area contributed by atoms with Crippen LogP contribution < -0.4 is 0 Å². The standard InChI is InChI=1S/C17H23NO2S/c1-13(8-6-7-11-18(2)3)20-17(19)16-12-14-9-4-5-10-15(14)21-16/h4-5,9-10,12-13H,6-8,11H2,1-3H3/t13-/m1/s1. The molecule has 1 atom stereocenters. The van der Waals surface area contributed by atoms with Crippen LogP contribution in [0.2, 0.25) is 0 Å². The molecule has 0 radical (unpaired) electrons. The Morgan fingerprint density at radius 2 is 2.05 bits per heavy atom. The lowest BCUT2D eigenvalue weighted by Gasteiger charge is -2.13. The van der Waals surface area contributed by atoms with Gasteiger partial charge in [0.2, 0.25) is 0 Å². The Morgan fingerprint density at radius 3 is 2.76 bits per heavy atom. The van der Waals surface area contributed by atoms with Gasteiger partial charge >= 0.3 is 5.97 Å². The van der Waals surface area contributed by atoms with Crippen molar-refractivity contribution in [3.8, 4) is 0 Å². The number of unbranched alkanes of at least 4 members (excludes halogenated alkanes) is 1. The van der Waals surface area contributed by atoms with Crippen molar-refractivity contribution in [2.75, 3.05) is 20.6 Å². The minimum Gasteiger partial charge on any atom is -0.458 e. The maximum Gasteiger partial charge on any atom is 0.348 e. The SMILES string of the molecule is C[C@H](CCCCN(C)C)OC(=O)c1cc2ccccc2s1. The van der Waals surface area contributed by atoms with Gasteiger partial charge in [-0.1, -0.05) is 18.2 Å². The lowest BCUT2D eigenvalue weighted by molar-refractivity contribution is 0.0324. The van der Waals surface area contributed by atoms with E-state index in [-0.39, 0.29) is 12.1 Å². The van der Waals surface area contributed by atoms with Crippen molar-refractivity contribution in [1.29, 1.82) is 0 Å². The number of benzene rings is 1. The van der Waals surface area contributed by atoms with E-state index in [1.54, 1.807) is 0 Å². The van der Waals surface area contributed by atoms with Crippen LogP contribution in [-0.2, 0) is 4.74 Å². The van der Waals surface area contributed by atoms with E-state index in [0.29, 0.717) is 4.88 Å². The van der Waals surface area contributed by atoms with Crippen LogP contribution in [0.4, 0.5) is 0 Å². The molecule has 3 nitrogen and oxygen atoms in total. The van der Waals surface area contributed by atoms with Crippen molar-refractivity contribution < 1.29 is 9.53 Å². The summed E-state index contributed by atoms with van der Waals surface area (Å²) in [6, 6.07) is 9.94. The molecule has 0 saturated carbocycles. The van der Waals surface area contributed by atoms with E-state index in [1.165, 1.54) is 11.3 Å². The highest BCUT2D eigenvalue weighted by atomic mass is 32.1. The van der Waals surface area contributed by atoms with Crippen LogP contribution in [0.15, 0.2) is 30.3 Å². The molecule has 2 aromatic rings. The third kappa shape index (κ3) is 4.83. The first-order chi connectivity index (χ1) is 10.1. The predicted molar refractivity (Wildman–Crippen MR) is 89.1 cm³/mol. The first kappa shape index (κ1) is 16.0. The number of carbonyl (C=O) groups is 1. The second-order valence-electron chi connectivity index (χ2n) is 5.66. The Balaban J connectivity index is 1.83. The fourth-order valence-electron chi connectivity index (χ4n) is 2.24. The third-order valence-electron chi connectivity index (χ3n) is 3.40. The summed E-state index contributed by atoms with van der Waals surface area (Å²) in [6.45, 7) is 3.05. The Bertz CT molecular complexity index is 558. The van der Waals surface area contributed by atoms with Crippen LogP contribution in [0.1, 0.15) is 35.9 Å². The van der Waals surface area contributed by atoms with E-state index >= 15 is 0 Å². The summed E-state index contributed by atoms with van der Waals surface area (Å²) in [6.07, 6.45) is 3.12. The summed E-state index contributed by atoms with van der Waals surface area (Å²) >= 11 is 1.50. The van der Waals surface area contributed by atoms with Crippen molar-refractivity contribution in [1.82, 2.24) is 4.90 Å². The fourth-order valence-corrected chi connectivity index (χ4v) is 3.19. The van der Waals surface area contributed by atoms with Crippen molar-refractivity contribution in [2.24, 2.45) is 0 Å². The highest BCUT2D eigenvalue weighted by Gasteiger charge is 2.14. The minimum atomic E-state index is -0.198. The topological polar surface area (TPSA) is 29.5 Å². The van der Waals surface area contributed by atoms with Gasteiger partial charge in [-0.25, -0.2) is 4.79 Å². The monoisotopic (exact) mass is 305 g/mol. The molecule has 2 rings (SSSR count). The fraction of sp³-hybridized carbons (Fsp3) is 0.471. The Kier molecular flexibility index (Phi) is 5.76. The first-order valence-electron chi connectivity index (χ1n) is 7.40. The third-order valence-corrected chi connectivity index (χ3v) is 4.50. The van der Waals surface area contributed by atoms with Gasteiger partial charge in [-0.2, -0.15) is 0 Å². The molecule has 1 aromatic heterocycles. The van der Waals surface area contributed by atoms with Gasteiger partial charge in [0.15, 0.2) is 0 Å². The number of fused-ring (bicyclic) bond motifs is 1. The minimum absolute atomic E-state index is 0.0233. The van der Waals surface area contributed by atoms with Crippen LogP contribution in [0, 0.1) is 0 Å². The molecule has 0 N–H and O–H groups in total. The van der Waals surface area contributed by atoms with Crippen molar-refractivity contribution in [3.63, 3.8) is 0 Å². The van der Waals surface area contributed by atoms with Gasteiger partial charge in [0.05, 0.1) is 6.10 Å². The van der Waals surface area contributed by atoms with Crippen LogP contribution in [0.3, 0.4) is 0 Å². The van der Waals surface area contributed by atoms with Gasteiger partial charge in [-0.05, 0) is 64.3 Å². The zero-order chi connectivity index (χ0) is 15.2. The van der Waals surface area contributed by atoms with Crippen LogP contribution >= 0.6 is 11.3 Å². The highest BCUT2D eigenvalue weighted by molar-refractivity contribution is 7.20. The molecule has 0 amide bonds. The Labute approximate surface area is 130 Å². The predicted octanol–water partition coefficient (Wildman–Crippen LogP) is 4.18. The van der Waals surface area contributed by atoms with Crippen LogP contribution in [-0.4, -0.2) is 37.6 Å². The normalized spacial score (nSPS) is 12.8. The molecule has 1 aromatic carbocycles. The maximum atomic E-state index is 12.1. The molecule has 0 aliphatic rings. The van der Waals surface area contributed by atoms with E-state index in [2.05, 4.69) is 19.0 Å². The molecule has 4 heteroatoms. The number of nitrogens with zero attached hydrogens (tertiary/aromatic N) is 1. The molecular weight excluding hydrogens is 282 g/mol. The number of rotatable bonds is 7. The molecule has 0 saturated heterocycles. The molecule has 0 unspecified atom stereocenters. The van der Waals surface area contributed by atoms with E-state index in [0.717, 1.165) is 35.9 Å². The van der Waals surface area contributed by atoms with Gasteiger partial charge in [-0.3, -0.25) is 0 Å².